The van der Waals surface area contributed by atoms with Crippen LogP contribution in [0.25, 0.3) is 0 Å². The normalized spacial score (nSPS) is 16.8. The van der Waals surface area contributed by atoms with Gasteiger partial charge in [-0.25, -0.2) is 0 Å². The first kappa shape index (κ1) is 15.2. The zero-order valence-corrected chi connectivity index (χ0v) is 13.6. The van der Waals surface area contributed by atoms with E-state index in [1.165, 1.54) is 0 Å². The van der Waals surface area contributed by atoms with Crippen molar-refractivity contribution >= 4 is 34.5 Å². The molecule has 1 saturated heterocycles. The van der Waals surface area contributed by atoms with Gasteiger partial charge in [0.05, 0.1) is 40.7 Å². The summed E-state index contributed by atoms with van der Waals surface area (Å²) in [4.78, 5) is 28.0. The summed E-state index contributed by atoms with van der Waals surface area (Å²) in [6.45, 7) is 2.40. The van der Waals surface area contributed by atoms with Crippen LogP contribution in [0.3, 0.4) is 0 Å². The average molecular weight is 343 g/mol. The van der Waals surface area contributed by atoms with Crippen LogP contribution in [0.2, 0.25) is 5.02 Å². The second kappa shape index (κ2) is 5.61. The maximum Gasteiger partial charge on any atom is 0.196 e. The predicted octanol–water partition coefficient (Wildman–Crippen LogP) is 2.53. The molecule has 122 valence electrons. The standard InChI is InChI=1S/C18H15ClN2O3/c19-12-9-13(21-5-7-24-8-6-21)14-15(16(12)20)18(23)11-4-2-1-3-10(11)17(14)22/h1-4,9H,5-8,20H2. The van der Waals surface area contributed by atoms with Crippen LogP contribution in [0.15, 0.2) is 30.3 Å². The molecular formula is C18H15ClN2O3. The summed E-state index contributed by atoms with van der Waals surface area (Å²) in [5.74, 6) is -0.445. The monoisotopic (exact) mass is 342 g/mol. The molecule has 2 N–H and O–H groups in total. The van der Waals surface area contributed by atoms with E-state index in [4.69, 9.17) is 22.1 Å². The molecule has 0 radical (unpaired) electrons. The summed E-state index contributed by atoms with van der Waals surface area (Å²) in [6, 6.07) is 8.49. The summed E-state index contributed by atoms with van der Waals surface area (Å²) >= 11 is 6.26. The fraction of sp³-hybridized carbons (Fsp3) is 0.222. The van der Waals surface area contributed by atoms with E-state index in [0.29, 0.717) is 48.7 Å². The number of benzene rings is 2. The summed E-state index contributed by atoms with van der Waals surface area (Å²) in [5, 5.41) is 0.288. The van der Waals surface area contributed by atoms with Gasteiger partial charge >= 0.3 is 0 Å². The molecule has 2 aromatic rings. The Morgan fingerprint density at radius 3 is 2.21 bits per heavy atom. The summed E-state index contributed by atoms with van der Waals surface area (Å²) in [5.41, 5.74) is 8.23. The van der Waals surface area contributed by atoms with Gasteiger partial charge in [-0.2, -0.15) is 0 Å². The van der Waals surface area contributed by atoms with Crippen LogP contribution in [0, 0.1) is 0 Å². The van der Waals surface area contributed by atoms with Crippen molar-refractivity contribution in [2.75, 3.05) is 36.9 Å². The topological polar surface area (TPSA) is 72.6 Å². The Hall–Kier alpha value is -2.37. The van der Waals surface area contributed by atoms with E-state index in [1.54, 1.807) is 30.3 Å². The van der Waals surface area contributed by atoms with Crippen molar-refractivity contribution in [3.05, 3.63) is 57.6 Å². The van der Waals surface area contributed by atoms with E-state index in [9.17, 15) is 9.59 Å². The van der Waals surface area contributed by atoms with E-state index < -0.39 is 0 Å². The number of carbonyl (C=O) groups is 2. The zero-order chi connectivity index (χ0) is 16.8. The van der Waals surface area contributed by atoms with Crippen molar-refractivity contribution < 1.29 is 14.3 Å². The number of hydrogen-bond donors (Lipinski definition) is 1. The Bertz CT molecular complexity index is 873. The van der Waals surface area contributed by atoms with E-state index in [1.807, 2.05) is 4.90 Å². The van der Waals surface area contributed by atoms with Crippen LogP contribution in [-0.4, -0.2) is 37.9 Å². The lowest BCUT2D eigenvalue weighted by Crippen LogP contribution is -2.38. The Balaban J connectivity index is 1.98. The van der Waals surface area contributed by atoms with Crippen LogP contribution >= 0.6 is 11.6 Å². The van der Waals surface area contributed by atoms with Crippen molar-refractivity contribution in [1.29, 1.82) is 0 Å². The SMILES string of the molecule is Nc1c(Cl)cc(N2CCOCC2)c2c1C(=O)c1ccccc1C2=O. The number of nitrogen functional groups attached to an aromatic ring is 1. The number of nitrogens with two attached hydrogens (primary N) is 1. The summed E-state index contributed by atoms with van der Waals surface area (Å²) in [6.07, 6.45) is 0. The molecule has 1 heterocycles. The number of carbonyl (C=O) groups excluding carboxylic acids is 2. The van der Waals surface area contributed by atoms with Gasteiger partial charge in [-0.3, -0.25) is 9.59 Å². The molecule has 2 aromatic carbocycles. The van der Waals surface area contributed by atoms with Crippen molar-refractivity contribution in [1.82, 2.24) is 0 Å². The minimum Gasteiger partial charge on any atom is -0.397 e. The highest BCUT2D eigenvalue weighted by Gasteiger charge is 2.35. The number of rotatable bonds is 1. The molecule has 4 rings (SSSR count). The average Bonchev–Trinajstić information content (AvgIpc) is 2.62. The van der Waals surface area contributed by atoms with Gasteiger partial charge in [0, 0.05) is 24.2 Å². The second-order valence-electron chi connectivity index (χ2n) is 5.84. The molecule has 24 heavy (non-hydrogen) atoms. The molecule has 0 saturated carbocycles. The third-order valence-corrected chi connectivity index (χ3v) is 4.83. The molecule has 0 unspecified atom stereocenters. The summed E-state index contributed by atoms with van der Waals surface area (Å²) < 4.78 is 5.37. The molecule has 1 fully saturated rings. The molecule has 2 aliphatic rings. The second-order valence-corrected chi connectivity index (χ2v) is 6.25. The number of anilines is 2. The highest BCUT2D eigenvalue weighted by molar-refractivity contribution is 6.38. The molecule has 6 heteroatoms. The molecular weight excluding hydrogens is 328 g/mol. The summed E-state index contributed by atoms with van der Waals surface area (Å²) in [7, 11) is 0. The first-order chi connectivity index (χ1) is 11.6. The maximum absolute atomic E-state index is 13.1. The minimum absolute atomic E-state index is 0.163. The van der Waals surface area contributed by atoms with Crippen molar-refractivity contribution in [2.45, 2.75) is 0 Å². The van der Waals surface area contributed by atoms with Crippen LogP contribution in [-0.2, 0) is 4.74 Å². The third kappa shape index (κ3) is 2.12. The largest absolute Gasteiger partial charge is 0.397 e. The zero-order valence-electron chi connectivity index (χ0n) is 12.8. The van der Waals surface area contributed by atoms with Crippen LogP contribution in [0.4, 0.5) is 11.4 Å². The van der Waals surface area contributed by atoms with Gasteiger partial charge in [0.2, 0.25) is 0 Å². The van der Waals surface area contributed by atoms with Gasteiger partial charge in [-0.15, -0.1) is 0 Å². The fourth-order valence-electron chi connectivity index (χ4n) is 3.32. The molecule has 5 nitrogen and oxygen atoms in total. The Morgan fingerprint density at radius 2 is 1.58 bits per heavy atom. The van der Waals surface area contributed by atoms with Gasteiger partial charge in [0.1, 0.15) is 0 Å². The van der Waals surface area contributed by atoms with Gasteiger partial charge in [0.25, 0.3) is 0 Å². The third-order valence-electron chi connectivity index (χ3n) is 4.52. The predicted molar refractivity (Wildman–Crippen MR) is 92.2 cm³/mol. The first-order valence-corrected chi connectivity index (χ1v) is 8.10. The molecule has 1 aliphatic carbocycles. The number of hydrogen-bond acceptors (Lipinski definition) is 5. The molecule has 0 bridgehead atoms. The number of ketones is 2. The highest BCUT2D eigenvalue weighted by atomic mass is 35.5. The highest BCUT2D eigenvalue weighted by Crippen LogP contribution is 2.40. The Labute approximate surface area is 144 Å². The lowest BCUT2D eigenvalue weighted by Gasteiger charge is -2.32. The lowest BCUT2D eigenvalue weighted by molar-refractivity contribution is 0.0978. The van der Waals surface area contributed by atoms with Crippen LogP contribution < -0.4 is 10.6 Å². The van der Waals surface area contributed by atoms with Gasteiger partial charge < -0.3 is 15.4 Å². The van der Waals surface area contributed by atoms with Crippen LogP contribution in [0.1, 0.15) is 31.8 Å². The fourth-order valence-corrected chi connectivity index (χ4v) is 3.52. The molecule has 0 spiro atoms. The number of nitrogens with zero attached hydrogens (tertiary/aromatic N) is 1. The number of halogens is 1. The van der Waals surface area contributed by atoms with E-state index >= 15 is 0 Å². The van der Waals surface area contributed by atoms with E-state index in [-0.39, 0.29) is 27.8 Å². The van der Waals surface area contributed by atoms with Gasteiger partial charge in [-0.05, 0) is 6.07 Å². The Kier molecular flexibility index (Phi) is 3.55. The number of ether oxygens (including phenoxy) is 1. The minimum atomic E-state index is -0.255. The maximum atomic E-state index is 13.1. The number of fused-ring (bicyclic) bond motifs is 2. The molecule has 0 aromatic heterocycles. The molecule has 0 atom stereocenters. The Morgan fingerprint density at radius 1 is 1.00 bits per heavy atom. The lowest BCUT2D eigenvalue weighted by atomic mass is 9.82. The van der Waals surface area contributed by atoms with Crippen molar-refractivity contribution in [3.63, 3.8) is 0 Å². The van der Waals surface area contributed by atoms with Crippen molar-refractivity contribution in [3.8, 4) is 0 Å². The van der Waals surface area contributed by atoms with Crippen LogP contribution in [0.5, 0.6) is 0 Å². The first-order valence-electron chi connectivity index (χ1n) is 7.72. The van der Waals surface area contributed by atoms with Gasteiger partial charge in [0.15, 0.2) is 11.6 Å². The number of morpholine rings is 1. The van der Waals surface area contributed by atoms with E-state index in [2.05, 4.69) is 0 Å². The quantitative estimate of drug-likeness (QED) is 0.688. The smallest absolute Gasteiger partial charge is 0.196 e. The van der Waals surface area contributed by atoms with Gasteiger partial charge in [-0.1, -0.05) is 35.9 Å². The van der Waals surface area contributed by atoms with E-state index in [0.717, 1.165) is 0 Å². The molecule has 1 aliphatic heterocycles. The van der Waals surface area contributed by atoms with Crippen molar-refractivity contribution in [2.24, 2.45) is 0 Å². The molecule has 0 amide bonds.